The molecule has 0 aliphatic rings. The van der Waals surface area contributed by atoms with Gasteiger partial charge >= 0.3 is 0 Å². The van der Waals surface area contributed by atoms with E-state index in [0.29, 0.717) is 17.5 Å². The van der Waals surface area contributed by atoms with E-state index in [1.54, 1.807) is 73.9 Å². The molecule has 0 radical (unpaired) electrons. The van der Waals surface area contributed by atoms with Crippen LogP contribution in [0.15, 0.2) is 108 Å². The van der Waals surface area contributed by atoms with Crippen LogP contribution in [0.3, 0.4) is 0 Å². The molecule has 0 fully saturated rings. The van der Waals surface area contributed by atoms with Gasteiger partial charge in [-0.15, -0.1) is 0 Å². The predicted molar refractivity (Wildman–Crippen MR) is 158 cm³/mol. The van der Waals surface area contributed by atoms with Crippen LogP contribution in [0.5, 0.6) is 0 Å². The molecule has 1 aromatic heterocycles. The van der Waals surface area contributed by atoms with Crippen molar-refractivity contribution in [2.24, 2.45) is 0 Å². The second kappa shape index (κ2) is 14.5. The molecule has 1 heterocycles. The summed E-state index contributed by atoms with van der Waals surface area (Å²) in [6.45, 7) is 2.30. The number of amides is 2. The highest BCUT2D eigenvalue weighted by Gasteiger charge is 2.31. The Bertz CT molecular complexity index is 1570. The van der Waals surface area contributed by atoms with Gasteiger partial charge in [0, 0.05) is 38.4 Å². The summed E-state index contributed by atoms with van der Waals surface area (Å²) in [6.07, 6.45) is 3.71. The highest BCUT2D eigenvalue weighted by Crippen LogP contribution is 2.26. The maximum absolute atomic E-state index is 13.8. The number of rotatable bonds is 13. The summed E-state index contributed by atoms with van der Waals surface area (Å²) in [5.74, 6) is -1.04. The number of halogens is 1. The van der Waals surface area contributed by atoms with Crippen LogP contribution in [0.25, 0.3) is 0 Å². The van der Waals surface area contributed by atoms with Gasteiger partial charge in [0.1, 0.15) is 11.9 Å². The van der Waals surface area contributed by atoms with Gasteiger partial charge in [0.2, 0.25) is 21.8 Å². The topological polar surface area (TPSA) is 108 Å². The third-order valence-corrected chi connectivity index (χ3v) is 8.21. The van der Waals surface area contributed by atoms with Crippen LogP contribution in [0.4, 0.5) is 4.39 Å². The van der Waals surface area contributed by atoms with E-state index in [9.17, 15) is 22.4 Å². The van der Waals surface area contributed by atoms with E-state index in [0.717, 1.165) is 11.1 Å². The highest BCUT2D eigenvalue weighted by molar-refractivity contribution is 7.89. The van der Waals surface area contributed by atoms with Crippen molar-refractivity contribution < 1.29 is 22.4 Å². The van der Waals surface area contributed by atoms with Crippen molar-refractivity contribution >= 4 is 21.8 Å². The molecule has 4 rings (SSSR count). The summed E-state index contributed by atoms with van der Waals surface area (Å²) in [4.78, 5) is 33.3. The Labute approximate surface area is 245 Å². The molecule has 8 nitrogen and oxygen atoms in total. The average molecular weight is 589 g/mol. The van der Waals surface area contributed by atoms with Crippen molar-refractivity contribution in [1.29, 1.82) is 0 Å². The number of carbonyl (C=O) groups excluding carboxylic acids is 2. The first-order valence-electron chi connectivity index (χ1n) is 13.6. The fraction of sp³-hybridized carbons (Fsp3) is 0.219. The number of nitrogens with one attached hydrogen (secondary N) is 2. The van der Waals surface area contributed by atoms with Gasteiger partial charge in [-0.2, -0.15) is 0 Å². The first kappa shape index (κ1) is 30.5. The van der Waals surface area contributed by atoms with Crippen LogP contribution in [0, 0.1) is 5.82 Å². The standard InChI is InChI=1S/C32H33FN4O4S/c1-2-36-42(40,41)29-17-12-24(13-18-29)14-19-30(38)37(23-25-10-15-28(33)16-11-25)31(27-8-4-3-5-9-27)32(39)35-22-26-7-6-20-34-21-26/h3-13,15-18,20-21,31,36H,2,14,19,22-23H2,1H3,(H,35,39)/t31-/m1/s1. The maximum Gasteiger partial charge on any atom is 0.247 e. The monoisotopic (exact) mass is 588 g/mol. The van der Waals surface area contributed by atoms with Crippen LogP contribution in [0.2, 0.25) is 0 Å². The predicted octanol–water partition coefficient (Wildman–Crippen LogP) is 4.54. The van der Waals surface area contributed by atoms with Gasteiger partial charge in [0.05, 0.1) is 4.90 Å². The van der Waals surface area contributed by atoms with Crippen molar-refractivity contribution in [2.75, 3.05) is 6.54 Å². The molecular formula is C32H33FN4O4S. The fourth-order valence-electron chi connectivity index (χ4n) is 4.51. The molecule has 2 amide bonds. The van der Waals surface area contributed by atoms with E-state index >= 15 is 0 Å². The zero-order valence-electron chi connectivity index (χ0n) is 23.2. The molecule has 0 saturated heterocycles. The van der Waals surface area contributed by atoms with Gasteiger partial charge < -0.3 is 10.2 Å². The third-order valence-electron chi connectivity index (χ3n) is 6.65. The molecule has 0 saturated carbocycles. The summed E-state index contributed by atoms with van der Waals surface area (Å²) in [5.41, 5.74) is 2.89. The van der Waals surface area contributed by atoms with Crippen molar-refractivity contribution in [2.45, 2.75) is 43.8 Å². The summed E-state index contributed by atoms with van der Waals surface area (Å²) in [7, 11) is -3.59. The Balaban J connectivity index is 1.59. The smallest absolute Gasteiger partial charge is 0.247 e. The summed E-state index contributed by atoms with van der Waals surface area (Å²) >= 11 is 0. The van der Waals surface area contributed by atoms with Crippen LogP contribution in [-0.2, 0) is 39.1 Å². The Morgan fingerprint density at radius 2 is 1.57 bits per heavy atom. The number of hydrogen-bond donors (Lipinski definition) is 2. The molecule has 2 N–H and O–H groups in total. The quantitative estimate of drug-likeness (QED) is 0.239. The number of aromatic nitrogens is 1. The van der Waals surface area contributed by atoms with E-state index in [2.05, 4.69) is 15.0 Å². The molecule has 3 aromatic carbocycles. The van der Waals surface area contributed by atoms with Crippen LogP contribution in [-0.4, -0.2) is 36.7 Å². The van der Waals surface area contributed by atoms with Crippen LogP contribution in [0.1, 0.15) is 41.6 Å². The van der Waals surface area contributed by atoms with Crippen LogP contribution >= 0.6 is 0 Å². The molecule has 0 aliphatic heterocycles. The molecule has 42 heavy (non-hydrogen) atoms. The normalized spacial score (nSPS) is 12.0. The largest absolute Gasteiger partial charge is 0.350 e. The summed E-state index contributed by atoms with van der Waals surface area (Å²) in [5, 5.41) is 2.94. The molecule has 1 atom stereocenters. The molecule has 0 unspecified atom stereocenters. The number of sulfonamides is 1. The minimum absolute atomic E-state index is 0.0692. The second-order valence-electron chi connectivity index (χ2n) is 9.69. The van der Waals surface area contributed by atoms with Gasteiger partial charge in [0.25, 0.3) is 0 Å². The van der Waals surface area contributed by atoms with Crippen molar-refractivity contribution in [3.05, 3.63) is 131 Å². The molecular weight excluding hydrogens is 555 g/mol. The Morgan fingerprint density at radius 1 is 0.881 bits per heavy atom. The summed E-state index contributed by atoms with van der Waals surface area (Å²) < 4.78 is 40.7. The van der Waals surface area contributed by atoms with E-state index in [4.69, 9.17) is 0 Å². The van der Waals surface area contributed by atoms with Gasteiger partial charge in [-0.3, -0.25) is 14.6 Å². The zero-order valence-corrected chi connectivity index (χ0v) is 24.1. The maximum atomic E-state index is 13.8. The van der Waals surface area contributed by atoms with Gasteiger partial charge in [-0.25, -0.2) is 17.5 Å². The Kier molecular flexibility index (Phi) is 10.5. The number of carbonyl (C=O) groups is 2. The molecule has 218 valence electrons. The lowest BCUT2D eigenvalue weighted by Gasteiger charge is -2.32. The van der Waals surface area contributed by atoms with Crippen molar-refractivity contribution in [3.8, 4) is 0 Å². The first-order valence-corrected chi connectivity index (χ1v) is 15.1. The molecule has 4 aromatic rings. The van der Waals surface area contributed by atoms with Gasteiger partial charge in [0.15, 0.2) is 0 Å². The molecule has 10 heteroatoms. The van der Waals surface area contributed by atoms with E-state index < -0.39 is 21.9 Å². The average Bonchev–Trinajstić information content (AvgIpc) is 3.01. The minimum atomic E-state index is -3.59. The lowest BCUT2D eigenvalue weighted by Crippen LogP contribution is -2.43. The first-order chi connectivity index (χ1) is 20.3. The molecule has 0 aliphatic carbocycles. The minimum Gasteiger partial charge on any atom is -0.350 e. The lowest BCUT2D eigenvalue weighted by molar-refractivity contribution is -0.141. The number of aryl methyl sites for hydroxylation is 1. The number of pyridine rings is 1. The molecule has 0 bridgehead atoms. The van der Waals surface area contributed by atoms with E-state index in [-0.39, 0.29) is 42.8 Å². The Morgan fingerprint density at radius 3 is 2.21 bits per heavy atom. The van der Waals surface area contributed by atoms with E-state index in [1.165, 1.54) is 29.2 Å². The number of hydrogen-bond acceptors (Lipinski definition) is 5. The van der Waals surface area contributed by atoms with Gasteiger partial charge in [-0.05, 0) is 59.0 Å². The SMILES string of the molecule is CCNS(=O)(=O)c1ccc(CCC(=O)N(Cc2ccc(F)cc2)[C@@H](C(=O)NCc2cccnc2)c2ccccc2)cc1. The Hall–Kier alpha value is -4.41. The highest BCUT2D eigenvalue weighted by atomic mass is 32.2. The lowest BCUT2D eigenvalue weighted by atomic mass is 10.0. The third kappa shape index (κ3) is 8.31. The van der Waals surface area contributed by atoms with Crippen LogP contribution < -0.4 is 10.0 Å². The molecule has 0 spiro atoms. The number of benzene rings is 3. The van der Waals surface area contributed by atoms with Crippen molar-refractivity contribution in [3.63, 3.8) is 0 Å². The summed E-state index contributed by atoms with van der Waals surface area (Å²) in [6, 6.07) is 23.9. The zero-order chi connectivity index (χ0) is 30.0. The number of nitrogens with zero attached hydrogens (tertiary/aromatic N) is 2. The second-order valence-corrected chi connectivity index (χ2v) is 11.5. The van der Waals surface area contributed by atoms with E-state index in [1.807, 2.05) is 12.1 Å². The fourth-order valence-corrected chi connectivity index (χ4v) is 5.55. The van der Waals surface area contributed by atoms with Gasteiger partial charge in [-0.1, -0.05) is 67.6 Å². The van der Waals surface area contributed by atoms with Crippen molar-refractivity contribution in [1.82, 2.24) is 19.9 Å².